The summed E-state index contributed by atoms with van der Waals surface area (Å²) in [6, 6.07) is 20.8. The monoisotopic (exact) mass is 1990 g/mol. The summed E-state index contributed by atoms with van der Waals surface area (Å²) < 4.78 is 93.8. The number of imidazole rings is 5. The second-order valence-electron chi connectivity index (χ2n) is 29.1. The van der Waals surface area contributed by atoms with Crippen LogP contribution in [0.1, 0.15) is 95.1 Å². The summed E-state index contributed by atoms with van der Waals surface area (Å²) in [7, 11) is -4.74. The number of halogens is 3. The van der Waals surface area contributed by atoms with Crippen molar-refractivity contribution in [2.45, 2.75) is 167 Å². The summed E-state index contributed by atoms with van der Waals surface area (Å²) in [4.78, 5) is 78.7. The van der Waals surface area contributed by atoms with Crippen molar-refractivity contribution in [1.82, 2.24) is 105 Å². The third kappa shape index (κ3) is 41.1. The number of aliphatic hydroxyl groups is 4. The molecule has 136 heavy (non-hydrogen) atoms. The van der Waals surface area contributed by atoms with E-state index < -0.39 is 46.5 Å². The molecule has 16 heterocycles. The SMILES string of the molecule is C#CC#CC#C.CC(C)O.CC1(C)OCC(CO)O1.CC1(C)OCC(Cn2cnc3cc(C#N)c(N)nc32)O1.CC1(C)OCC(Cn2cnc3cc4c(N)ncnc4nc32)O1.Cc1ccc(S(=O)(=O)OCC2COC(C)(C)O2)cc1.ClCCl.N.N#CCC#N.N#Cc1cc2[nH]cnc2nc1N.O=CO[O-].OC[C@@H](O)Cn1cnc2cc3cncnc3nc21.[2H]CF.[H-].[K+].[K+].c1ncc2[nH]cnc2n1. The fourth-order valence-electron chi connectivity index (χ4n) is 11.2. The fourth-order valence-corrected chi connectivity index (χ4v) is 12.1. The van der Waals surface area contributed by atoms with Crippen molar-refractivity contribution in [3.05, 3.63) is 128 Å². The van der Waals surface area contributed by atoms with Crippen LogP contribution < -0.4 is 131 Å². The van der Waals surface area contributed by atoms with E-state index in [0.29, 0.717) is 107 Å². The first kappa shape index (κ1) is 120. The molecule has 5 atom stereocenters. The maximum absolute atomic E-state index is 11.9. The van der Waals surface area contributed by atoms with Gasteiger partial charge < -0.3 is 117 Å². The molecule has 4 unspecified atom stereocenters. The van der Waals surface area contributed by atoms with E-state index in [9.17, 15) is 17.9 Å². The van der Waals surface area contributed by atoms with Gasteiger partial charge in [-0.15, -0.1) is 36.0 Å². The first-order valence-corrected chi connectivity index (χ1v) is 41.7. The summed E-state index contributed by atoms with van der Waals surface area (Å²) >= 11 is 9.53. The van der Waals surface area contributed by atoms with Gasteiger partial charge in [-0.05, 0) is 136 Å². The number of anilines is 3. The summed E-state index contributed by atoms with van der Waals surface area (Å²) in [5.41, 5.74) is 26.9. The summed E-state index contributed by atoms with van der Waals surface area (Å²) in [5.74, 6) is 7.18. The number of carbonyl (C=O) groups excluding carboxylic acids is 1. The van der Waals surface area contributed by atoms with E-state index in [1.54, 1.807) is 106 Å². The van der Waals surface area contributed by atoms with Crippen LogP contribution in [0.15, 0.2) is 116 Å². The van der Waals surface area contributed by atoms with Crippen LogP contribution in [0.4, 0.5) is 21.8 Å². The molecule has 46 nitrogen and oxygen atoms in total. The number of pyridine rings is 4. The summed E-state index contributed by atoms with van der Waals surface area (Å²) in [6.07, 6.45) is 23.6. The molecule has 0 aliphatic carbocycles. The molecule has 0 spiro atoms. The Labute approximate surface area is 879 Å². The average Bonchev–Trinajstić information content (AvgIpc) is 1.60. The van der Waals surface area contributed by atoms with Gasteiger partial charge in [0, 0.05) is 17.7 Å². The number of ether oxygens (including phenoxy) is 8. The first-order valence-electron chi connectivity index (χ1n) is 39.9. The topological polar surface area (TPSA) is 695 Å². The van der Waals surface area contributed by atoms with Crippen LogP contribution in [0.3, 0.4) is 0 Å². The van der Waals surface area contributed by atoms with Crippen molar-refractivity contribution in [3.63, 3.8) is 0 Å². The number of nitrogen functional groups attached to an aromatic ring is 3. The molecule has 15 N–H and O–H groups in total. The number of H-pyrrole nitrogens is 2. The van der Waals surface area contributed by atoms with Crippen molar-refractivity contribution in [2.75, 3.05) is 75.9 Å². The zero-order valence-electron chi connectivity index (χ0n) is 78.6. The van der Waals surface area contributed by atoms with Gasteiger partial charge in [0.1, 0.15) is 101 Å². The van der Waals surface area contributed by atoms with Crippen LogP contribution in [0, 0.1) is 88.8 Å². The zero-order chi connectivity index (χ0) is 99.2. The van der Waals surface area contributed by atoms with Crippen LogP contribution >= 0.6 is 23.2 Å². The minimum absolute atomic E-state index is 0. The Hall–Kier alpha value is -10.4. The molecule has 0 radical (unpaired) electrons. The number of hydrogen-bond acceptors (Lipinski definition) is 41. The van der Waals surface area contributed by atoms with Gasteiger partial charge in [0.15, 0.2) is 62.7 Å². The second-order valence-corrected chi connectivity index (χ2v) is 31.5. The molecule has 4 fully saturated rings. The Morgan fingerprint density at radius 2 is 1.07 bits per heavy atom. The summed E-state index contributed by atoms with van der Waals surface area (Å²) in [6.45, 7) is 23.0. The quantitative estimate of drug-likeness (QED) is 0.0142. The van der Waals surface area contributed by atoms with Gasteiger partial charge in [-0.2, -0.15) is 29.5 Å². The summed E-state index contributed by atoms with van der Waals surface area (Å²) in [5, 5.41) is 77.8. The molecule has 1 aromatic carbocycles. The number of carbonyl (C=O) groups is 1. The van der Waals surface area contributed by atoms with E-state index in [1.807, 2.05) is 81.9 Å². The van der Waals surface area contributed by atoms with Crippen LogP contribution in [0.25, 0.3) is 77.9 Å². The number of terminal acetylenes is 2. The van der Waals surface area contributed by atoms with Gasteiger partial charge in [-0.1, -0.05) is 17.7 Å². The van der Waals surface area contributed by atoms with Crippen LogP contribution in [0.5, 0.6) is 0 Å². The smallest absolute Gasteiger partial charge is 1.00 e. The van der Waals surface area contributed by atoms with Gasteiger partial charge >= 0.3 is 103 Å². The van der Waals surface area contributed by atoms with Gasteiger partial charge in [0.2, 0.25) is 0 Å². The number of nitrogens with zero attached hydrogens (tertiary/aromatic N) is 22. The number of nitrogens with two attached hydrogens (primary N) is 3. The van der Waals surface area contributed by atoms with Gasteiger partial charge in [-0.25, -0.2) is 74.8 Å². The molecule has 716 valence electrons. The molecule has 13 aromatic rings. The van der Waals surface area contributed by atoms with Gasteiger partial charge in [-0.3, -0.25) is 13.4 Å². The maximum Gasteiger partial charge on any atom is 1.00 e. The van der Waals surface area contributed by atoms with Crippen LogP contribution in [-0.2, 0) is 81.5 Å². The Morgan fingerprint density at radius 3 is 1.53 bits per heavy atom. The molecule has 0 amide bonds. The number of alkyl halides is 3. The Bertz CT molecular complexity index is 6300. The van der Waals surface area contributed by atoms with Crippen LogP contribution in [-0.4, -0.2) is 252 Å². The number of aryl methyl sites for hydroxylation is 1. The van der Waals surface area contributed by atoms with Crippen molar-refractivity contribution in [2.24, 2.45) is 0 Å². The van der Waals surface area contributed by atoms with E-state index in [4.69, 9.17) is 143 Å². The van der Waals surface area contributed by atoms with E-state index in [0.717, 1.165) is 33.1 Å². The molecule has 17 rings (SSSR count). The largest absolute Gasteiger partial charge is 1.00 e. The third-order valence-corrected chi connectivity index (χ3v) is 18.0. The number of benzene rings is 1. The predicted octanol–water partition coefficient (Wildman–Crippen LogP) is 0.411. The molecule has 4 aliphatic rings. The van der Waals surface area contributed by atoms with Gasteiger partial charge in [0.25, 0.3) is 16.6 Å². The standard InChI is InChI=1S/C14H16N6O2.C13H15N5O2.C13H18O5S.C11H11N5O2.C7H5N5.C6H12O3.C6H2.C5H4N4.C3H2N2.C3H8O.CH2Cl2.CH3F.CH2O3.2K.H3N.H/c1-14(2)21-5-8(22-14)4-20-7-18-10-3-9-11(15)16-6-17-12(9)19-13(10)20;1-13(2)19-6-9(20-13)5-18-7-16-10-3-8(4-14)11(15)17-12(10)18;1-10-4-6-12(7-5-10)19(14,15)17-9-11-8-16-13(2,3)18-11;17-4-8(18)3-16-6-14-9-1-7-2-12-5-13-10(7)15-11(9)16;8-2-4-1-5-7(11-3-10-5)12-6(4)9;1-6(2)8-4-5(3-7)9-6;1-3-5-6-4-2;1-4-5(8-2-6-1)9-3-7-4;4-2-1-3-5;1-3(2)4;2-1-3;1-2;2-1-4-3;;;;/h3,6-8H,4-5H2,1-2H3,(H2,15,16,17,19);3,7,9H,5-6H2,1-2H3,(H2,15,17);4-7,11H,8-9H2,1-3H3;1-2,5-6,8,17-18H,3-4H2;1,3H,(H3,9,10,11,12);5,7H,3-4H2,1-2H3;1-2H;1-3H,(H,6,7,8,9);1H2;3-4H,1-2H3;1H2;1H3;1,3H;;;1H3;/q;;;;;;;;;;;;;2*+1;;-1/p-1/t;;;8-;;;;;;;;;;;;;/m...0............./s1/i;;;;;;;;;;;1D;;;;;. The normalized spacial score (nSPS) is 16.1. The number of aliphatic hydroxyl groups excluding tert-OH is 4. The predicted molar refractivity (Wildman–Crippen MR) is 487 cm³/mol. The van der Waals surface area contributed by atoms with Gasteiger partial charge in [0.05, 0.1) is 163 Å². The minimum Gasteiger partial charge on any atom is -1.00 e. The van der Waals surface area contributed by atoms with Crippen molar-refractivity contribution in [1.29, 1.82) is 21.0 Å². The Balaban J connectivity index is 0.000000779. The number of aromatic nitrogens is 20. The third-order valence-electron chi connectivity index (χ3n) is 16.7. The van der Waals surface area contributed by atoms with E-state index >= 15 is 0 Å². The van der Waals surface area contributed by atoms with Crippen molar-refractivity contribution in [3.8, 4) is 60.8 Å². The number of aromatic amines is 2. The molecule has 0 bridgehead atoms. The molecule has 52 heteroatoms. The number of rotatable bonds is 13. The Morgan fingerprint density at radius 1 is 0.632 bits per heavy atom. The molecule has 4 saturated heterocycles. The van der Waals surface area contributed by atoms with Crippen molar-refractivity contribution < 1.29 is 196 Å². The molecular weight excluding hydrogens is 1890 g/mol. The number of nitriles is 4. The molecule has 4 aliphatic heterocycles. The van der Waals surface area contributed by atoms with E-state index in [2.05, 4.69) is 113 Å². The zero-order valence-corrected chi connectivity index (χ0v) is 85.2. The number of fused-ring (bicyclic) bond motifs is 7. The van der Waals surface area contributed by atoms with Crippen LogP contribution in [0.2, 0.25) is 0 Å². The van der Waals surface area contributed by atoms with Crippen molar-refractivity contribution >= 4 is 135 Å². The molecular formula is C84H103Cl2FK2N28O18S. The Kier molecular flexibility index (Phi) is 54.3. The molecule has 0 saturated carbocycles. The number of nitrogens with one attached hydrogen (secondary N) is 2. The number of hydrogen-bond donors (Lipinski definition) is 10. The van der Waals surface area contributed by atoms with E-state index in [1.165, 1.54) is 37.4 Å². The minimum atomic E-state index is -3.74. The fraction of sp³-hybridized carbons (Fsp3) is 0.405. The second kappa shape index (κ2) is 61.7. The molecule has 12 aromatic heterocycles. The average molecular weight is 1990 g/mol. The van der Waals surface area contributed by atoms with E-state index in [-0.39, 0.29) is 202 Å². The first-order chi connectivity index (χ1) is 63.8. The maximum atomic E-state index is 11.9.